The quantitative estimate of drug-likeness (QED) is 0.421. The van der Waals surface area contributed by atoms with Crippen LogP contribution in [0.1, 0.15) is 54.0 Å². The average Bonchev–Trinajstić information content (AvgIpc) is 3.21. The summed E-state index contributed by atoms with van der Waals surface area (Å²) in [6.45, 7) is 8.33. The number of methoxy groups -OCH3 is 2. The van der Waals surface area contributed by atoms with Gasteiger partial charge in [0, 0.05) is 16.5 Å². The molecule has 0 aliphatic carbocycles. The number of carbonyl (C=O) groups is 2. The minimum atomic E-state index is -0.498. The van der Waals surface area contributed by atoms with Crippen LogP contribution in [0.3, 0.4) is 0 Å². The Balaban J connectivity index is 1.97. The highest BCUT2D eigenvalue weighted by molar-refractivity contribution is 7.15. The Hall–Kier alpha value is -3.32. The summed E-state index contributed by atoms with van der Waals surface area (Å²) in [5.41, 5.74) is 3.36. The van der Waals surface area contributed by atoms with Crippen molar-refractivity contribution >= 4 is 28.2 Å². The van der Waals surface area contributed by atoms with Crippen LogP contribution in [0.15, 0.2) is 47.8 Å². The van der Waals surface area contributed by atoms with Crippen LogP contribution in [0.5, 0.6) is 11.5 Å². The minimum Gasteiger partial charge on any atom is -0.493 e. The normalized spacial score (nSPS) is 11.1. The van der Waals surface area contributed by atoms with Gasteiger partial charge in [-0.2, -0.15) is 0 Å². The maximum absolute atomic E-state index is 12.9. The molecule has 0 radical (unpaired) electrons. The van der Waals surface area contributed by atoms with E-state index in [0.29, 0.717) is 33.2 Å². The molecular formula is C26H29NO5S. The first kappa shape index (κ1) is 24.3. The zero-order valence-electron chi connectivity index (χ0n) is 19.8. The van der Waals surface area contributed by atoms with Crippen LogP contribution >= 0.6 is 11.3 Å². The second-order valence-electron chi connectivity index (χ2n) is 8.43. The highest BCUT2D eigenvalue weighted by Crippen LogP contribution is 2.39. The van der Waals surface area contributed by atoms with Crippen LogP contribution < -0.4 is 14.8 Å². The van der Waals surface area contributed by atoms with E-state index in [1.807, 2.05) is 23.6 Å². The van der Waals surface area contributed by atoms with Crippen molar-refractivity contribution in [2.75, 3.05) is 26.1 Å². The van der Waals surface area contributed by atoms with Crippen molar-refractivity contribution in [2.24, 2.45) is 0 Å². The number of amides is 1. The Labute approximate surface area is 198 Å². The number of ether oxygens (including phenoxy) is 3. The Bertz CT molecular complexity index is 1140. The zero-order valence-corrected chi connectivity index (χ0v) is 20.6. The van der Waals surface area contributed by atoms with Gasteiger partial charge in [-0.15, -0.1) is 11.3 Å². The maximum Gasteiger partial charge on any atom is 0.341 e. The molecule has 6 nitrogen and oxygen atoms in total. The minimum absolute atomic E-state index is 0.00579. The summed E-state index contributed by atoms with van der Waals surface area (Å²) in [4.78, 5) is 25.8. The lowest BCUT2D eigenvalue weighted by Crippen LogP contribution is -2.16. The fraction of sp³-hybridized carbons (Fsp3) is 0.308. The molecule has 0 aliphatic heterocycles. The van der Waals surface area contributed by atoms with Gasteiger partial charge in [0.25, 0.3) is 5.91 Å². The van der Waals surface area contributed by atoms with Gasteiger partial charge >= 0.3 is 5.97 Å². The van der Waals surface area contributed by atoms with Crippen LogP contribution in [0.4, 0.5) is 5.00 Å². The van der Waals surface area contributed by atoms with E-state index in [1.165, 1.54) is 11.3 Å². The zero-order chi connectivity index (χ0) is 24.2. The fourth-order valence-corrected chi connectivity index (χ4v) is 4.32. The van der Waals surface area contributed by atoms with Gasteiger partial charge in [-0.05, 0) is 47.7 Å². The van der Waals surface area contributed by atoms with E-state index in [4.69, 9.17) is 14.2 Å². The molecule has 1 aromatic heterocycles. The van der Waals surface area contributed by atoms with Crippen LogP contribution in [0, 0.1) is 0 Å². The van der Waals surface area contributed by atoms with Crippen molar-refractivity contribution < 1.29 is 23.8 Å². The number of hydrogen-bond donors (Lipinski definition) is 1. The standard InChI is InChI=1S/C26H29NO5S/c1-7-32-25(29)22-19(17-10-13-20(30-5)21(14-17)31-6)15-33-24(22)27-23(28)16-8-11-18(12-9-16)26(2,3)4/h8-15H,7H2,1-6H3,(H,27,28). The van der Waals surface area contributed by atoms with E-state index in [0.717, 1.165) is 11.1 Å². The van der Waals surface area contributed by atoms with Crippen molar-refractivity contribution in [3.63, 3.8) is 0 Å². The molecule has 0 spiro atoms. The second-order valence-corrected chi connectivity index (χ2v) is 9.30. The number of anilines is 1. The summed E-state index contributed by atoms with van der Waals surface area (Å²) in [5, 5.41) is 5.15. The molecule has 33 heavy (non-hydrogen) atoms. The van der Waals surface area contributed by atoms with E-state index in [2.05, 4.69) is 26.1 Å². The smallest absolute Gasteiger partial charge is 0.341 e. The van der Waals surface area contributed by atoms with Crippen molar-refractivity contribution in [1.82, 2.24) is 0 Å². The summed E-state index contributed by atoms with van der Waals surface area (Å²) in [6.07, 6.45) is 0. The largest absolute Gasteiger partial charge is 0.493 e. The first-order valence-electron chi connectivity index (χ1n) is 10.6. The van der Waals surface area contributed by atoms with Gasteiger partial charge in [-0.3, -0.25) is 4.79 Å². The molecule has 1 N–H and O–H groups in total. The van der Waals surface area contributed by atoms with Crippen LogP contribution in [-0.2, 0) is 10.2 Å². The predicted molar refractivity (Wildman–Crippen MR) is 132 cm³/mol. The van der Waals surface area contributed by atoms with E-state index in [-0.39, 0.29) is 17.9 Å². The Morgan fingerprint density at radius 1 is 0.970 bits per heavy atom. The van der Waals surface area contributed by atoms with Gasteiger partial charge in [0.05, 0.1) is 20.8 Å². The molecule has 3 rings (SSSR count). The molecule has 174 valence electrons. The lowest BCUT2D eigenvalue weighted by Gasteiger charge is -2.19. The van der Waals surface area contributed by atoms with E-state index in [1.54, 1.807) is 45.4 Å². The topological polar surface area (TPSA) is 73.9 Å². The Kier molecular flexibility index (Phi) is 7.43. The van der Waals surface area contributed by atoms with Gasteiger partial charge in [-0.1, -0.05) is 39.0 Å². The fourth-order valence-electron chi connectivity index (χ4n) is 3.37. The lowest BCUT2D eigenvalue weighted by molar-refractivity contribution is 0.0529. The molecular weight excluding hydrogens is 438 g/mol. The summed E-state index contributed by atoms with van der Waals surface area (Å²) in [7, 11) is 3.12. The number of nitrogens with one attached hydrogen (secondary N) is 1. The first-order chi connectivity index (χ1) is 15.7. The number of carbonyl (C=O) groups excluding carboxylic acids is 2. The molecule has 0 atom stereocenters. The number of rotatable bonds is 7. The number of thiophene rings is 1. The molecule has 0 saturated carbocycles. The average molecular weight is 468 g/mol. The third-order valence-electron chi connectivity index (χ3n) is 5.21. The molecule has 0 fully saturated rings. The molecule has 0 bridgehead atoms. The Morgan fingerprint density at radius 2 is 1.64 bits per heavy atom. The number of benzene rings is 2. The number of hydrogen-bond acceptors (Lipinski definition) is 6. The highest BCUT2D eigenvalue weighted by Gasteiger charge is 2.24. The molecule has 1 amide bonds. The summed E-state index contributed by atoms with van der Waals surface area (Å²) >= 11 is 1.27. The SMILES string of the molecule is CCOC(=O)c1c(-c2ccc(OC)c(OC)c2)csc1NC(=O)c1ccc(C(C)(C)C)cc1. The maximum atomic E-state index is 12.9. The van der Waals surface area contributed by atoms with E-state index in [9.17, 15) is 9.59 Å². The molecule has 2 aromatic carbocycles. The van der Waals surface area contributed by atoms with Crippen molar-refractivity contribution in [3.8, 4) is 22.6 Å². The van der Waals surface area contributed by atoms with Crippen LogP contribution in [0.2, 0.25) is 0 Å². The molecule has 0 unspecified atom stereocenters. The van der Waals surface area contributed by atoms with Crippen molar-refractivity contribution in [3.05, 3.63) is 64.5 Å². The van der Waals surface area contributed by atoms with Crippen LogP contribution in [0.25, 0.3) is 11.1 Å². The number of esters is 1. The molecule has 0 aliphatic rings. The van der Waals surface area contributed by atoms with Gasteiger partial charge in [0.2, 0.25) is 0 Å². The van der Waals surface area contributed by atoms with Crippen LogP contribution in [-0.4, -0.2) is 32.7 Å². The molecule has 1 heterocycles. The van der Waals surface area contributed by atoms with E-state index < -0.39 is 5.97 Å². The molecule has 0 saturated heterocycles. The third-order valence-corrected chi connectivity index (χ3v) is 6.10. The predicted octanol–water partition coefficient (Wildman–Crippen LogP) is 6.16. The van der Waals surface area contributed by atoms with Gasteiger partial charge in [0.1, 0.15) is 10.6 Å². The van der Waals surface area contributed by atoms with Crippen molar-refractivity contribution in [1.29, 1.82) is 0 Å². The third kappa shape index (κ3) is 5.37. The molecule has 7 heteroatoms. The summed E-state index contributed by atoms with van der Waals surface area (Å²) < 4.78 is 16.0. The van der Waals surface area contributed by atoms with Crippen molar-refractivity contribution in [2.45, 2.75) is 33.1 Å². The summed E-state index contributed by atoms with van der Waals surface area (Å²) in [5.74, 6) is 0.338. The first-order valence-corrected chi connectivity index (χ1v) is 11.5. The second kappa shape index (κ2) is 10.1. The lowest BCUT2D eigenvalue weighted by atomic mass is 9.87. The van der Waals surface area contributed by atoms with E-state index >= 15 is 0 Å². The monoisotopic (exact) mass is 467 g/mol. The molecule has 3 aromatic rings. The highest BCUT2D eigenvalue weighted by atomic mass is 32.1. The van der Waals surface area contributed by atoms with Gasteiger partial charge in [0.15, 0.2) is 11.5 Å². The Morgan fingerprint density at radius 3 is 2.21 bits per heavy atom. The van der Waals surface area contributed by atoms with Gasteiger partial charge < -0.3 is 19.5 Å². The summed E-state index contributed by atoms with van der Waals surface area (Å²) in [6, 6.07) is 12.9. The van der Waals surface area contributed by atoms with Gasteiger partial charge in [-0.25, -0.2) is 4.79 Å².